The minimum Gasteiger partial charge on any atom is -0.279 e. The van der Waals surface area contributed by atoms with Gasteiger partial charge in [-0.05, 0) is 17.9 Å². The van der Waals surface area contributed by atoms with Crippen LogP contribution in [0.15, 0.2) is 15.8 Å². The Kier molecular flexibility index (Phi) is 3.59. The highest BCUT2D eigenvalue weighted by atomic mass is 32.2. The standard InChI is InChI=1S/C12H14N4O2S2/c1-15-9-8(10(17)16(2)12(15)18)13-6-7(14-9)11-19-4-3-5-20-11/h6,11H,3-5H2,1-2H3. The van der Waals surface area contributed by atoms with Crippen LogP contribution >= 0.6 is 23.5 Å². The number of hydrogen-bond donors (Lipinski definition) is 0. The van der Waals surface area contributed by atoms with Gasteiger partial charge in [0, 0.05) is 14.1 Å². The van der Waals surface area contributed by atoms with Crippen LogP contribution in [0.25, 0.3) is 11.2 Å². The molecule has 20 heavy (non-hydrogen) atoms. The monoisotopic (exact) mass is 310 g/mol. The van der Waals surface area contributed by atoms with Gasteiger partial charge in [0.1, 0.15) is 0 Å². The molecule has 0 amide bonds. The number of hydrogen-bond acceptors (Lipinski definition) is 6. The molecular formula is C12H14N4O2S2. The zero-order chi connectivity index (χ0) is 14.3. The van der Waals surface area contributed by atoms with Crippen molar-refractivity contribution in [3.63, 3.8) is 0 Å². The fourth-order valence-corrected chi connectivity index (χ4v) is 4.87. The zero-order valence-electron chi connectivity index (χ0n) is 11.2. The van der Waals surface area contributed by atoms with Gasteiger partial charge in [0.15, 0.2) is 11.2 Å². The predicted molar refractivity (Wildman–Crippen MR) is 82.3 cm³/mol. The number of rotatable bonds is 1. The molecule has 0 atom stereocenters. The first-order valence-corrected chi connectivity index (χ1v) is 8.35. The molecule has 106 valence electrons. The van der Waals surface area contributed by atoms with E-state index in [0.29, 0.717) is 5.65 Å². The van der Waals surface area contributed by atoms with Crippen molar-refractivity contribution in [2.45, 2.75) is 11.0 Å². The van der Waals surface area contributed by atoms with Gasteiger partial charge in [-0.3, -0.25) is 13.9 Å². The number of aryl methyl sites for hydroxylation is 1. The van der Waals surface area contributed by atoms with Gasteiger partial charge < -0.3 is 0 Å². The minimum absolute atomic E-state index is 0.236. The Morgan fingerprint density at radius 3 is 2.60 bits per heavy atom. The average Bonchev–Trinajstić information content (AvgIpc) is 2.51. The third-order valence-corrected chi connectivity index (χ3v) is 6.19. The number of nitrogens with zero attached hydrogens (tertiary/aromatic N) is 4. The summed E-state index contributed by atoms with van der Waals surface area (Å²) in [7, 11) is 3.07. The van der Waals surface area contributed by atoms with Crippen molar-refractivity contribution >= 4 is 34.7 Å². The maximum Gasteiger partial charge on any atom is 0.332 e. The van der Waals surface area contributed by atoms with Crippen LogP contribution in [0.4, 0.5) is 0 Å². The fraction of sp³-hybridized carbons (Fsp3) is 0.500. The van der Waals surface area contributed by atoms with Crippen LogP contribution in [0.3, 0.4) is 0 Å². The quantitative estimate of drug-likeness (QED) is 0.779. The maximum absolute atomic E-state index is 12.0. The van der Waals surface area contributed by atoms with Gasteiger partial charge >= 0.3 is 5.69 Å². The van der Waals surface area contributed by atoms with Gasteiger partial charge in [0.2, 0.25) is 0 Å². The van der Waals surface area contributed by atoms with E-state index in [2.05, 4.69) is 9.97 Å². The highest BCUT2D eigenvalue weighted by Crippen LogP contribution is 2.42. The molecular weight excluding hydrogens is 296 g/mol. The summed E-state index contributed by atoms with van der Waals surface area (Å²) < 4.78 is 2.67. The molecule has 1 saturated heterocycles. The Labute approximate surface area is 123 Å². The van der Waals surface area contributed by atoms with Crippen LogP contribution in [0.2, 0.25) is 0 Å². The Bertz CT molecular complexity index is 777. The molecule has 8 heteroatoms. The Morgan fingerprint density at radius 2 is 1.90 bits per heavy atom. The van der Waals surface area contributed by atoms with E-state index in [9.17, 15) is 9.59 Å². The molecule has 2 aromatic heterocycles. The summed E-state index contributed by atoms with van der Waals surface area (Å²) in [4.78, 5) is 32.7. The van der Waals surface area contributed by atoms with E-state index in [1.807, 2.05) is 23.5 Å². The smallest absolute Gasteiger partial charge is 0.279 e. The van der Waals surface area contributed by atoms with Crippen molar-refractivity contribution in [3.05, 3.63) is 32.7 Å². The highest BCUT2D eigenvalue weighted by molar-refractivity contribution is 8.16. The van der Waals surface area contributed by atoms with Crippen LogP contribution in [-0.4, -0.2) is 30.6 Å². The van der Waals surface area contributed by atoms with E-state index in [1.54, 1.807) is 13.2 Å². The lowest BCUT2D eigenvalue weighted by molar-refractivity contribution is 0.703. The first-order valence-electron chi connectivity index (χ1n) is 6.25. The molecule has 2 aromatic rings. The van der Waals surface area contributed by atoms with Crippen molar-refractivity contribution < 1.29 is 0 Å². The van der Waals surface area contributed by atoms with Gasteiger partial charge in [0.25, 0.3) is 5.56 Å². The summed E-state index contributed by atoms with van der Waals surface area (Å²) in [5.41, 5.74) is 0.658. The van der Waals surface area contributed by atoms with E-state index in [0.717, 1.165) is 21.8 Å². The molecule has 0 unspecified atom stereocenters. The van der Waals surface area contributed by atoms with E-state index in [4.69, 9.17) is 0 Å². The normalized spacial score (nSPS) is 16.7. The Balaban J connectivity index is 2.20. The van der Waals surface area contributed by atoms with Crippen molar-refractivity contribution in [2.75, 3.05) is 11.5 Å². The molecule has 3 heterocycles. The molecule has 0 aliphatic carbocycles. The third kappa shape index (κ3) is 2.16. The lowest BCUT2D eigenvalue weighted by atomic mass is 10.4. The van der Waals surface area contributed by atoms with Crippen molar-refractivity contribution in [3.8, 4) is 0 Å². The first-order chi connectivity index (χ1) is 9.59. The molecule has 6 nitrogen and oxygen atoms in total. The summed E-state index contributed by atoms with van der Waals surface area (Å²) in [5, 5.41) is 0. The Morgan fingerprint density at radius 1 is 1.20 bits per heavy atom. The lowest BCUT2D eigenvalue weighted by Crippen LogP contribution is -2.37. The molecule has 0 radical (unpaired) electrons. The summed E-state index contributed by atoms with van der Waals surface area (Å²) in [6.07, 6.45) is 2.86. The van der Waals surface area contributed by atoms with Crippen LogP contribution in [-0.2, 0) is 14.1 Å². The van der Waals surface area contributed by atoms with Crippen LogP contribution in [0.5, 0.6) is 0 Å². The van der Waals surface area contributed by atoms with Crippen LogP contribution in [0.1, 0.15) is 16.7 Å². The summed E-state index contributed by atoms with van der Waals surface area (Å²) in [6, 6.07) is 0. The van der Waals surface area contributed by atoms with E-state index in [-0.39, 0.29) is 15.8 Å². The van der Waals surface area contributed by atoms with Gasteiger partial charge in [-0.25, -0.2) is 14.8 Å². The Hall–Kier alpha value is -1.28. The summed E-state index contributed by atoms with van der Waals surface area (Å²) >= 11 is 3.66. The first kappa shape index (κ1) is 13.7. The van der Waals surface area contributed by atoms with E-state index < -0.39 is 5.56 Å². The second-order valence-corrected chi connectivity index (χ2v) is 7.32. The van der Waals surface area contributed by atoms with Gasteiger partial charge in [-0.2, -0.15) is 0 Å². The van der Waals surface area contributed by atoms with E-state index in [1.165, 1.54) is 18.0 Å². The lowest BCUT2D eigenvalue weighted by Gasteiger charge is -2.20. The SMILES string of the molecule is Cn1c(=O)c2ncc(C3SCCCS3)nc2n(C)c1=O. The van der Waals surface area contributed by atoms with Crippen molar-refractivity contribution in [1.82, 2.24) is 19.1 Å². The highest BCUT2D eigenvalue weighted by Gasteiger charge is 2.20. The summed E-state index contributed by atoms with van der Waals surface area (Å²) in [6.45, 7) is 0. The predicted octanol–water partition coefficient (Wildman–Crippen LogP) is 0.896. The molecule has 0 spiro atoms. The number of fused-ring (bicyclic) bond motifs is 1. The number of thioether (sulfide) groups is 2. The molecule has 1 aliphatic heterocycles. The molecule has 0 aromatic carbocycles. The van der Waals surface area contributed by atoms with Crippen molar-refractivity contribution in [1.29, 1.82) is 0 Å². The van der Waals surface area contributed by atoms with Crippen molar-refractivity contribution in [2.24, 2.45) is 14.1 Å². The largest absolute Gasteiger partial charge is 0.332 e. The molecule has 0 N–H and O–H groups in total. The molecule has 1 aliphatic rings. The topological polar surface area (TPSA) is 69.8 Å². The zero-order valence-corrected chi connectivity index (χ0v) is 12.8. The van der Waals surface area contributed by atoms with Gasteiger partial charge in [-0.15, -0.1) is 23.5 Å². The average molecular weight is 310 g/mol. The summed E-state index contributed by atoms with van der Waals surface area (Å²) in [5.74, 6) is 2.21. The molecule has 0 saturated carbocycles. The number of aromatic nitrogens is 4. The molecule has 3 rings (SSSR count). The maximum atomic E-state index is 12.0. The second-order valence-electron chi connectivity index (χ2n) is 4.60. The van der Waals surface area contributed by atoms with Crippen LogP contribution in [0, 0.1) is 0 Å². The van der Waals surface area contributed by atoms with Crippen LogP contribution < -0.4 is 11.2 Å². The second kappa shape index (κ2) is 5.25. The van der Waals surface area contributed by atoms with E-state index >= 15 is 0 Å². The minimum atomic E-state index is -0.397. The van der Waals surface area contributed by atoms with Gasteiger partial charge in [0.05, 0.1) is 16.5 Å². The molecule has 0 bridgehead atoms. The van der Waals surface area contributed by atoms with Gasteiger partial charge in [-0.1, -0.05) is 0 Å². The third-order valence-electron chi connectivity index (χ3n) is 3.24. The molecule has 1 fully saturated rings. The fourth-order valence-electron chi connectivity index (χ4n) is 2.11.